The van der Waals surface area contributed by atoms with Gasteiger partial charge in [0.15, 0.2) is 0 Å². The van der Waals surface area contributed by atoms with E-state index in [2.05, 4.69) is 15.6 Å². The summed E-state index contributed by atoms with van der Waals surface area (Å²) in [6.45, 7) is 0.930. The van der Waals surface area contributed by atoms with Crippen LogP contribution >= 0.6 is 11.3 Å². The molecule has 4 aromatic rings. The second kappa shape index (κ2) is 10.3. The smallest absolute Gasteiger partial charge is 0.262 e. The number of hydrogen-bond acceptors (Lipinski definition) is 4. The number of benzene rings is 2. The van der Waals surface area contributed by atoms with Crippen molar-refractivity contribution >= 4 is 34.1 Å². The maximum absolute atomic E-state index is 13.1. The molecule has 0 saturated heterocycles. The molecule has 0 bridgehead atoms. The molecular formula is C25H25N3O3S. The first-order valence-corrected chi connectivity index (χ1v) is 11.3. The van der Waals surface area contributed by atoms with E-state index >= 15 is 0 Å². The standard InChI is InChI=1S/C25H25N3O3S/c1-31-16-18-10-8-17(9-11-18)14-27-24(29)22(28-25(30)23-7-4-12-32-23)13-19-15-26-21-6-3-2-5-20(19)21/h2-12,15,22,26H,13-14,16H2,1H3,(H,27,29)(H,28,30). The number of thiophene rings is 1. The van der Waals surface area contributed by atoms with Gasteiger partial charge in [0.2, 0.25) is 5.91 Å². The van der Waals surface area contributed by atoms with Gasteiger partial charge in [-0.1, -0.05) is 48.5 Å². The molecular weight excluding hydrogens is 422 g/mol. The number of amides is 2. The van der Waals surface area contributed by atoms with Gasteiger partial charge in [-0.25, -0.2) is 0 Å². The van der Waals surface area contributed by atoms with Crippen molar-refractivity contribution < 1.29 is 14.3 Å². The van der Waals surface area contributed by atoms with Crippen LogP contribution in [-0.4, -0.2) is 29.9 Å². The first-order chi connectivity index (χ1) is 15.6. The summed E-state index contributed by atoms with van der Waals surface area (Å²) in [6, 6.07) is 18.7. The molecule has 32 heavy (non-hydrogen) atoms. The Labute approximate surface area is 190 Å². The molecule has 1 unspecified atom stereocenters. The molecule has 1 atom stereocenters. The molecule has 164 valence electrons. The van der Waals surface area contributed by atoms with Crippen molar-refractivity contribution in [3.05, 3.63) is 93.8 Å². The molecule has 2 aromatic carbocycles. The molecule has 4 rings (SSSR count). The van der Waals surface area contributed by atoms with Crippen molar-refractivity contribution in [1.82, 2.24) is 15.6 Å². The zero-order valence-corrected chi connectivity index (χ0v) is 18.6. The minimum atomic E-state index is -0.698. The van der Waals surface area contributed by atoms with E-state index in [9.17, 15) is 9.59 Å². The number of hydrogen-bond donors (Lipinski definition) is 3. The van der Waals surface area contributed by atoms with Crippen LogP contribution in [0.25, 0.3) is 10.9 Å². The lowest BCUT2D eigenvalue weighted by Gasteiger charge is -2.18. The molecule has 0 fully saturated rings. The summed E-state index contributed by atoms with van der Waals surface area (Å²) in [5.74, 6) is -0.468. The third kappa shape index (κ3) is 5.25. The average Bonchev–Trinajstić information content (AvgIpc) is 3.49. The Morgan fingerprint density at radius 2 is 1.81 bits per heavy atom. The molecule has 7 heteroatoms. The SMILES string of the molecule is COCc1ccc(CNC(=O)C(Cc2c[nH]c3ccccc23)NC(=O)c2cccs2)cc1. The lowest BCUT2D eigenvalue weighted by Crippen LogP contribution is -2.47. The van der Waals surface area contributed by atoms with E-state index in [0.29, 0.717) is 24.4 Å². The van der Waals surface area contributed by atoms with Crippen LogP contribution in [0.5, 0.6) is 0 Å². The fourth-order valence-corrected chi connectivity index (χ4v) is 4.23. The highest BCUT2D eigenvalue weighted by Gasteiger charge is 2.23. The highest BCUT2D eigenvalue weighted by molar-refractivity contribution is 7.12. The summed E-state index contributed by atoms with van der Waals surface area (Å²) in [5, 5.41) is 8.77. The number of ether oxygens (including phenoxy) is 1. The topological polar surface area (TPSA) is 83.2 Å². The first kappa shape index (κ1) is 21.8. The molecule has 0 aliphatic carbocycles. The Hall–Kier alpha value is -3.42. The summed E-state index contributed by atoms with van der Waals surface area (Å²) in [5.41, 5.74) is 4.04. The number of fused-ring (bicyclic) bond motifs is 1. The van der Waals surface area contributed by atoms with Gasteiger partial charge in [0.1, 0.15) is 6.04 Å². The van der Waals surface area contributed by atoms with Crippen LogP contribution in [0.1, 0.15) is 26.4 Å². The summed E-state index contributed by atoms with van der Waals surface area (Å²) in [7, 11) is 1.66. The van der Waals surface area contributed by atoms with Gasteiger partial charge < -0.3 is 20.4 Å². The monoisotopic (exact) mass is 447 g/mol. The van der Waals surface area contributed by atoms with Crippen LogP contribution in [0, 0.1) is 0 Å². The highest BCUT2D eigenvalue weighted by atomic mass is 32.1. The minimum Gasteiger partial charge on any atom is -0.380 e. The molecule has 6 nitrogen and oxygen atoms in total. The zero-order chi connectivity index (χ0) is 22.3. The van der Waals surface area contributed by atoms with Gasteiger partial charge in [0.05, 0.1) is 11.5 Å². The van der Waals surface area contributed by atoms with Gasteiger partial charge in [-0.3, -0.25) is 9.59 Å². The average molecular weight is 448 g/mol. The lowest BCUT2D eigenvalue weighted by molar-refractivity contribution is -0.123. The maximum atomic E-state index is 13.1. The summed E-state index contributed by atoms with van der Waals surface area (Å²) >= 11 is 1.35. The minimum absolute atomic E-state index is 0.221. The van der Waals surface area contributed by atoms with Crippen molar-refractivity contribution in [1.29, 1.82) is 0 Å². The Bertz CT molecular complexity index is 1180. The number of para-hydroxylation sites is 1. The molecule has 0 aliphatic rings. The van der Waals surface area contributed by atoms with E-state index in [1.165, 1.54) is 11.3 Å². The number of rotatable bonds is 9. The number of methoxy groups -OCH3 is 1. The second-order valence-electron chi connectivity index (χ2n) is 7.53. The normalized spacial score (nSPS) is 11.9. The number of H-pyrrole nitrogens is 1. The summed E-state index contributed by atoms with van der Waals surface area (Å²) < 4.78 is 5.13. The predicted octanol–water partition coefficient (Wildman–Crippen LogP) is 4.03. The molecule has 0 spiro atoms. The fourth-order valence-electron chi connectivity index (χ4n) is 3.60. The van der Waals surface area contributed by atoms with Crippen LogP contribution in [0.4, 0.5) is 0 Å². The van der Waals surface area contributed by atoms with Crippen LogP contribution in [0.3, 0.4) is 0 Å². The van der Waals surface area contributed by atoms with Crippen molar-refractivity contribution in [2.24, 2.45) is 0 Å². The second-order valence-corrected chi connectivity index (χ2v) is 8.48. The molecule has 2 heterocycles. The van der Waals surface area contributed by atoms with Crippen LogP contribution in [-0.2, 0) is 29.1 Å². The molecule has 2 aromatic heterocycles. The third-order valence-electron chi connectivity index (χ3n) is 5.27. The van der Waals surface area contributed by atoms with Crippen molar-refractivity contribution in [2.75, 3.05) is 7.11 Å². The van der Waals surface area contributed by atoms with Gasteiger partial charge in [0.25, 0.3) is 5.91 Å². The van der Waals surface area contributed by atoms with Crippen molar-refractivity contribution in [3.8, 4) is 0 Å². The molecule has 2 amide bonds. The van der Waals surface area contributed by atoms with Gasteiger partial charge in [-0.2, -0.15) is 0 Å². The number of carbonyl (C=O) groups is 2. The number of aromatic nitrogens is 1. The lowest BCUT2D eigenvalue weighted by atomic mass is 10.0. The molecule has 3 N–H and O–H groups in total. The summed E-state index contributed by atoms with van der Waals surface area (Å²) in [6.07, 6.45) is 2.29. The van der Waals surface area contributed by atoms with E-state index in [1.807, 2.05) is 66.2 Å². The molecule has 0 radical (unpaired) electrons. The predicted molar refractivity (Wildman–Crippen MR) is 127 cm³/mol. The van der Waals surface area contributed by atoms with E-state index in [-0.39, 0.29) is 11.8 Å². The highest BCUT2D eigenvalue weighted by Crippen LogP contribution is 2.19. The Kier molecular flexibility index (Phi) is 6.99. The van der Waals surface area contributed by atoms with Gasteiger partial charge in [-0.05, 0) is 34.2 Å². The van der Waals surface area contributed by atoms with Crippen molar-refractivity contribution in [3.63, 3.8) is 0 Å². The molecule has 0 saturated carbocycles. The van der Waals surface area contributed by atoms with Crippen LogP contribution in [0.15, 0.2) is 72.2 Å². The van der Waals surface area contributed by atoms with Gasteiger partial charge in [0, 0.05) is 37.2 Å². The summed E-state index contributed by atoms with van der Waals surface area (Å²) in [4.78, 5) is 29.6. The first-order valence-electron chi connectivity index (χ1n) is 10.4. The fraction of sp³-hybridized carbons (Fsp3) is 0.200. The van der Waals surface area contributed by atoms with E-state index < -0.39 is 6.04 Å². The van der Waals surface area contributed by atoms with Crippen LogP contribution in [0.2, 0.25) is 0 Å². The Morgan fingerprint density at radius 3 is 2.56 bits per heavy atom. The Balaban J connectivity index is 1.48. The molecule has 0 aliphatic heterocycles. The van der Waals surface area contributed by atoms with Crippen LogP contribution < -0.4 is 10.6 Å². The van der Waals surface area contributed by atoms with Gasteiger partial charge in [-0.15, -0.1) is 11.3 Å². The van der Waals surface area contributed by atoms with Crippen molar-refractivity contribution in [2.45, 2.75) is 25.6 Å². The maximum Gasteiger partial charge on any atom is 0.262 e. The number of nitrogens with one attached hydrogen (secondary N) is 3. The van der Waals surface area contributed by atoms with E-state index in [0.717, 1.165) is 27.6 Å². The van der Waals surface area contributed by atoms with E-state index in [1.54, 1.807) is 13.2 Å². The third-order valence-corrected chi connectivity index (χ3v) is 6.14. The van der Waals surface area contributed by atoms with E-state index in [4.69, 9.17) is 4.74 Å². The zero-order valence-electron chi connectivity index (χ0n) is 17.8. The quantitative estimate of drug-likeness (QED) is 0.362. The number of carbonyl (C=O) groups excluding carboxylic acids is 2. The Morgan fingerprint density at radius 1 is 1.03 bits per heavy atom. The largest absolute Gasteiger partial charge is 0.380 e. The van der Waals surface area contributed by atoms with Gasteiger partial charge >= 0.3 is 0 Å². The number of aromatic amines is 1.